The summed E-state index contributed by atoms with van der Waals surface area (Å²) in [6, 6.07) is 0.650. The zero-order valence-electron chi connectivity index (χ0n) is 9.87. The molecule has 1 rings (SSSR count). The quantitative estimate of drug-likeness (QED) is 0.665. The highest BCUT2D eigenvalue weighted by Crippen LogP contribution is 2.36. The van der Waals surface area contributed by atoms with E-state index in [0.29, 0.717) is 6.04 Å². The highest BCUT2D eigenvalue weighted by Gasteiger charge is 2.34. The Balaban J connectivity index is 2.30. The second-order valence-corrected chi connectivity index (χ2v) is 4.60. The van der Waals surface area contributed by atoms with Crippen LogP contribution in [0.25, 0.3) is 0 Å². The van der Waals surface area contributed by atoms with Crippen molar-refractivity contribution in [1.29, 1.82) is 0 Å². The number of hydrogen-bond donors (Lipinski definition) is 1. The van der Waals surface area contributed by atoms with Gasteiger partial charge in [0.05, 0.1) is 0 Å². The maximum atomic E-state index is 9.73. The van der Waals surface area contributed by atoms with Crippen LogP contribution in [-0.2, 0) is 0 Å². The molecule has 1 N–H and O–H groups in total. The Kier molecular flexibility index (Phi) is 4.90. The number of aliphatic hydroxyl groups is 1. The molecule has 0 heterocycles. The van der Waals surface area contributed by atoms with Gasteiger partial charge >= 0.3 is 0 Å². The number of hydrogen-bond acceptors (Lipinski definition) is 2. The SMILES string of the molecule is CCCCC1CCC1N(C)C(O)CC. The summed E-state index contributed by atoms with van der Waals surface area (Å²) in [7, 11) is 2.07. The minimum atomic E-state index is -0.232. The summed E-state index contributed by atoms with van der Waals surface area (Å²) in [6.45, 7) is 4.29. The van der Waals surface area contributed by atoms with Crippen molar-refractivity contribution in [1.82, 2.24) is 4.90 Å². The van der Waals surface area contributed by atoms with E-state index in [4.69, 9.17) is 0 Å². The summed E-state index contributed by atoms with van der Waals surface area (Å²) in [4.78, 5) is 2.17. The van der Waals surface area contributed by atoms with Gasteiger partial charge in [0.2, 0.25) is 0 Å². The molecule has 1 saturated carbocycles. The molecule has 0 aliphatic heterocycles. The van der Waals surface area contributed by atoms with Crippen LogP contribution < -0.4 is 0 Å². The Morgan fingerprint density at radius 2 is 2.07 bits per heavy atom. The number of aliphatic hydroxyl groups excluding tert-OH is 1. The summed E-state index contributed by atoms with van der Waals surface area (Å²) in [5.41, 5.74) is 0. The van der Waals surface area contributed by atoms with E-state index in [0.717, 1.165) is 12.3 Å². The van der Waals surface area contributed by atoms with E-state index in [1.807, 2.05) is 6.92 Å². The first-order valence-electron chi connectivity index (χ1n) is 6.10. The standard InChI is InChI=1S/C12H25NO/c1-4-6-7-10-8-9-11(10)13(3)12(14)5-2/h10-12,14H,4-9H2,1-3H3. The van der Waals surface area contributed by atoms with Gasteiger partial charge < -0.3 is 5.11 Å². The molecule has 3 atom stereocenters. The fraction of sp³-hybridized carbons (Fsp3) is 1.00. The van der Waals surface area contributed by atoms with Gasteiger partial charge in [0.1, 0.15) is 6.23 Å². The van der Waals surface area contributed by atoms with E-state index in [1.54, 1.807) is 0 Å². The third-order valence-corrected chi connectivity index (χ3v) is 3.66. The average Bonchev–Trinajstić information content (AvgIpc) is 2.15. The molecule has 0 aromatic heterocycles. The van der Waals surface area contributed by atoms with E-state index >= 15 is 0 Å². The molecule has 1 aliphatic rings. The van der Waals surface area contributed by atoms with Crippen molar-refractivity contribution >= 4 is 0 Å². The van der Waals surface area contributed by atoms with E-state index < -0.39 is 0 Å². The Morgan fingerprint density at radius 3 is 2.50 bits per heavy atom. The van der Waals surface area contributed by atoms with Crippen molar-refractivity contribution < 1.29 is 5.11 Å². The van der Waals surface area contributed by atoms with Crippen LogP contribution in [0.2, 0.25) is 0 Å². The first-order valence-corrected chi connectivity index (χ1v) is 6.10. The fourth-order valence-electron chi connectivity index (χ4n) is 2.40. The smallest absolute Gasteiger partial charge is 0.107 e. The average molecular weight is 199 g/mol. The second-order valence-electron chi connectivity index (χ2n) is 4.60. The largest absolute Gasteiger partial charge is 0.378 e. The highest BCUT2D eigenvalue weighted by molar-refractivity contribution is 4.88. The molecule has 14 heavy (non-hydrogen) atoms. The lowest BCUT2D eigenvalue weighted by molar-refractivity contribution is -0.0556. The Bertz CT molecular complexity index is 160. The minimum Gasteiger partial charge on any atom is -0.378 e. The molecular formula is C12H25NO. The monoisotopic (exact) mass is 199 g/mol. The Labute approximate surface area is 88.3 Å². The third-order valence-electron chi connectivity index (χ3n) is 3.66. The van der Waals surface area contributed by atoms with Gasteiger partial charge in [-0.25, -0.2) is 0 Å². The summed E-state index contributed by atoms with van der Waals surface area (Å²) >= 11 is 0. The topological polar surface area (TPSA) is 23.5 Å². The summed E-state index contributed by atoms with van der Waals surface area (Å²) in [5.74, 6) is 0.848. The lowest BCUT2D eigenvalue weighted by atomic mass is 9.75. The Hall–Kier alpha value is -0.0800. The van der Waals surface area contributed by atoms with Gasteiger partial charge in [-0.15, -0.1) is 0 Å². The van der Waals surface area contributed by atoms with Crippen molar-refractivity contribution in [2.45, 2.75) is 64.6 Å². The third kappa shape index (κ3) is 2.71. The molecule has 0 saturated heterocycles. The molecule has 3 unspecified atom stereocenters. The fourth-order valence-corrected chi connectivity index (χ4v) is 2.40. The highest BCUT2D eigenvalue weighted by atomic mass is 16.3. The molecule has 1 fully saturated rings. The molecule has 0 aromatic carbocycles. The summed E-state index contributed by atoms with van der Waals surface area (Å²) in [5, 5.41) is 9.73. The van der Waals surface area contributed by atoms with Gasteiger partial charge in [0.25, 0.3) is 0 Å². The van der Waals surface area contributed by atoms with Gasteiger partial charge in [0.15, 0.2) is 0 Å². The van der Waals surface area contributed by atoms with Crippen LogP contribution in [0.1, 0.15) is 52.4 Å². The molecule has 1 aliphatic carbocycles. The van der Waals surface area contributed by atoms with Crippen LogP contribution in [0.4, 0.5) is 0 Å². The summed E-state index contributed by atoms with van der Waals surface area (Å²) < 4.78 is 0. The predicted octanol–water partition coefficient (Wildman–Crippen LogP) is 2.62. The van der Waals surface area contributed by atoms with Crippen LogP contribution in [-0.4, -0.2) is 29.3 Å². The van der Waals surface area contributed by atoms with Crippen LogP contribution in [0.3, 0.4) is 0 Å². The van der Waals surface area contributed by atoms with Crippen molar-refractivity contribution in [3.63, 3.8) is 0 Å². The van der Waals surface area contributed by atoms with Gasteiger partial charge in [0, 0.05) is 6.04 Å². The molecule has 2 nitrogen and oxygen atoms in total. The van der Waals surface area contributed by atoms with Crippen molar-refractivity contribution in [2.75, 3.05) is 7.05 Å². The molecule has 0 aromatic rings. The molecular weight excluding hydrogens is 174 g/mol. The molecule has 0 radical (unpaired) electrons. The predicted molar refractivity (Wildman–Crippen MR) is 60.1 cm³/mol. The maximum Gasteiger partial charge on any atom is 0.107 e. The number of nitrogens with zero attached hydrogens (tertiary/aromatic N) is 1. The molecule has 0 amide bonds. The van der Waals surface area contributed by atoms with Crippen LogP contribution in [0.15, 0.2) is 0 Å². The van der Waals surface area contributed by atoms with E-state index in [-0.39, 0.29) is 6.23 Å². The van der Waals surface area contributed by atoms with Crippen molar-refractivity contribution in [3.8, 4) is 0 Å². The minimum absolute atomic E-state index is 0.232. The number of rotatable bonds is 6. The lowest BCUT2D eigenvalue weighted by Gasteiger charge is -2.44. The summed E-state index contributed by atoms with van der Waals surface area (Å²) in [6.07, 6.45) is 7.24. The Morgan fingerprint density at radius 1 is 1.36 bits per heavy atom. The normalized spacial score (nSPS) is 28.9. The van der Waals surface area contributed by atoms with E-state index in [9.17, 15) is 5.11 Å². The van der Waals surface area contributed by atoms with E-state index in [2.05, 4.69) is 18.9 Å². The van der Waals surface area contributed by atoms with Gasteiger partial charge in [-0.3, -0.25) is 4.90 Å². The van der Waals surface area contributed by atoms with Gasteiger partial charge in [-0.05, 0) is 38.6 Å². The lowest BCUT2D eigenvalue weighted by Crippen LogP contribution is -2.49. The maximum absolute atomic E-state index is 9.73. The van der Waals surface area contributed by atoms with Crippen molar-refractivity contribution in [2.24, 2.45) is 5.92 Å². The zero-order chi connectivity index (χ0) is 10.6. The first kappa shape index (κ1) is 12.0. The molecule has 0 spiro atoms. The number of unbranched alkanes of at least 4 members (excludes halogenated alkanes) is 1. The second kappa shape index (κ2) is 5.72. The van der Waals surface area contributed by atoms with Gasteiger partial charge in [-0.2, -0.15) is 0 Å². The van der Waals surface area contributed by atoms with Crippen LogP contribution in [0.5, 0.6) is 0 Å². The van der Waals surface area contributed by atoms with Crippen LogP contribution in [0, 0.1) is 5.92 Å². The van der Waals surface area contributed by atoms with E-state index in [1.165, 1.54) is 32.1 Å². The molecule has 0 bridgehead atoms. The van der Waals surface area contributed by atoms with Crippen LogP contribution >= 0.6 is 0 Å². The van der Waals surface area contributed by atoms with Crippen molar-refractivity contribution in [3.05, 3.63) is 0 Å². The van der Waals surface area contributed by atoms with Gasteiger partial charge in [-0.1, -0.05) is 26.7 Å². The molecule has 2 heteroatoms. The zero-order valence-corrected chi connectivity index (χ0v) is 9.87. The molecule has 84 valence electrons. The first-order chi connectivity index (χ1) is 6.70.